The van der Waals surface area contributed by atoms with Crippen LogP contribution in [-0.4, -0.2) is 34.9 Å². The third-order valence-corrected chi connectivity index (χ3v) is 2.63. The van der Waals surface area contributed by atoms with Crippen molar-refractivity contribution in [1.82, 2.24) is 15.1 Å². The zero-order valence-corrected chi connectivity index (χ0v) is 11.6. The number of esters is 1. The van der Waals surface area contributed by atoms with E-state index >= 15 is 0 Å². The zero-order chi connectivity index (χ0) is 15.3. The highest BCUT2D eigenvalue weighted by molar-refractivity contribution is 5.75. The van der Waals surface area contributed by atoms with Crippen LogP contribution in [0.5, 0.6) is 0 Å². The van der Waals surface area contributed by atoms with Gasteiger partial charge in [0.1, 0.15) is 6.04 Å². The average molecular weight is 293 g/mol. The van der Waals surface area contributed by atoms with Crippen LogP contribution in [0.1, 0.15) is 25.8 Å². The van der Waals surface area contributed by atoms with Gasteiger partial charge in [-0.1, -0.05) is 13.8 Å². The van der Waals surface area contributed by atoms with Crippen LogP contribution in [0.3, 0.4) is 0 Å². The topological polar surface area (TPSA) is 56.2 Å². The largest absolute Gasteiger partial charge is 0.468 e. The number of methoxy groups -OCH3 is 1. The summed E-state index contributed by atoms with van der Waals surface area (Å²) in [5.41, 5.74) is -0.802. The lowest BCUT2D eigenvalue weighted by Crippen LogP contribution is -2.42. The Kier molecular flexibility index (Phi) is 5.55. The maximum atomic E-state index is 12.4. The van der Waals surface area contributed by atoms with Crippen molar-refractivity contribution < 1.29 is 22.7 Å². The smallest absolute Gasteiger partial charge is 0.419 e. The quantitative estimate of drug-likeness (QED) is 0.813. The molecule has 1 atom stereocenters. The number of alkyl halides is 3. The highest BCUT2D eigenvalue weighted by Gasteiger charge is 2.32. The molecule has 1 aromatic heterocycles. The van der Waals surface area contributed by atoms with Crippen molar-refractivity contribution in [2.45, 2.75) is 45.1 Å². The molecule has 1 aromatic rings. The van der Waals surface area contributed by atoms with Gasteiger partial charge in [0.25, 0.3) is 0 Å². The second-order valence-electron chi connectivity index (χ2n) is 4.68. The van der Waals surface area contributed by atoms with E-state index in [9.17, 15) is 18.0 Å². The van der Waals surface area contributed by atoms with Gasteiger partial charge >= 0.3 is 12.1 Å². The number of nitrogens with zero attached hydrogens (tertiary/aromatic N) is 2. The van der Waals surface area contributed by atoms with Crippen molar-refractivity contribution in [3.8, 4) is 0 Å². The van der Waals surface area contributed by atoms with E-state index in [0.29, 0.717) is 6.42 Å². The number of aromatic nitrogens is 2. The van der Waals surface area contributed by atoms with E-state index in [2.05, 4.69) is 15.2 Å². The molecule has 0 aliphatic heterocycles. The first-order chi connectivity index (χ1) is 9.24. The van der Waals surface area contributed by atoms with Gasteiger partial charge in [0, 0.05) is 18.8 Å². The lowest BCUT2D eigenvalue weighted by molar-refractivity contribution is -0.143. The SMILES string of the molecule is COC(=O)C(CCn1cc(C(F)(F)F)cn1)NC(C)C. The maximum absolute atomic E-state index is 12.4. The molecule has 1 rings (SSSR count). The van der Waals surface area contributed by atoms with Crippen molar-refractivity contribution in [2.75, 3.05) is 7.11 Å². The summed E-state index contributed by atoms with van der Waals surface area (Å²) in [4.78, 5) is 11.5. The second-order valence-corrected chi connectivity index (χ2v) is 4.68. The Hall–Kier alpha value is -1.57. The molecule has 0 aliphatic rings. The summed E-state index contributed by atoms with van der Waals surface area (Å²) in [6.45, 7) is 3.92. The fraction of sp³-hybridized carbons (Fsp3) is 0.667. The molecular formula is C12H18F3N3O2. The Morgan fingerprint density at radius 1 is 1.50 bits per heavy atom. The molecule has 0 spiro atoms. The zero-order valence-electron chi connectivity index (χ0n) is 11.6. The molecule has 0 amide bonds. The van der Waals surface area contributed by atoms with E-state index in [0.717, 1.165) is 12.4 Å². The monoisotopic (exact) mass is 293 g/mol. The summed E-state index contributed by atoms with van der Waals surface area (Å²) < 4.78 is 43.1. The van der Waals surface area contributed by atoms with Gasteiger partial charge in [-0.15, -0.1) is 0 Å². The van der Waals surface area contributed by atoms with Gasteiger partial charge in [0.15, 0.2) is 0 Å². The van der Waals surface area contributed by atoms with Crippen molar-refractivity contribution in [2.24, 2.45) is 0 Å². The lowest BCUT2D eigenvalue weighted by atomic mass is 10.2. The predicted molar refractivity (Wildman–Crippen MR) is 65.9 cm³/mol. The Balaban J connectivity index is 2.63. The number of carbonyl (C=O) groups excluding carboxylic acids is 1. The molecule has 0 fully saturated rings. The molecule has 1 N–H and O–H groups in total. The van der Waals surface area contributed by atoms with Crippen LogP contribution < -0.4 is 5.32 Å². The Bertz CT molecular complexity index is 443. The number of nitrogens with one attached hydrogen (secondary N) is 1. The van der Waals surface area contributed by atoms with Crippen LogP contribution in [0.25, 0.3) is 0 Å². The van der Waals surface area contributed by atoms with Crippen molar-refractivity contribution in [3.63, 3.8) is 0 Å². The molecule has 1 unspecified atom stereocenters. The van der Waals surface area contributed by atoms with E-state index in [1.54, 1.807) is 0 Å². The Labute approximate surface area is 115 Å². The molecule has 114 valence electrons. The first-order valence-electron chi connectivity index (χ1n) is 6.17. The molecular weight excluding hydrogens is 275 g/mol. The summed E-state index contributed by atoms with van der Waals surface area (Å²) >= 11 is 0. The van der Waals surface area contributed by atoms with Crippen molar-refractivity contribution in [1.29, 1.82) is 0 Å². The number of aryl methyl sites for hydroxylation is 1. The van der Waals surface area contributed by atoms with Gasteiger partial charge in [-0.2, -0.15) is 18.3 Å². The number of carbonyl (C=O) groups is 1. The molecule has 20 heavy (non-hydrogen) atoms. The number of ether oxygens (including phenoxy) is 1. The molecule has 0 bridgehead atoms. The molecule has 0 radical (unpaired) electrons. The van der Waals surface area contributed by atoms with Gasteiger partial charge in [-0.3, -0.25) is 9.48 Å². The fourth-order valence-electron chi connectivity index (χ4n) is 1.71. The Morgan fingerprint density at radius 3 is 2.60 bits per heavy atom. The molecule has 0 aromatic carbocycles. The minimum atomic E-state index is -4.41. The minimum absolute atomic E-state index is 0.0578. The fourth-order valence-corrected chi connectivity index (χ4v) is 1.71. The number of halogens is 3. The first kappa shape index (κ1) is 16.5. The minimum Gasteiger partial charge on any atom is -0.468 e. The predicted octanol–water partition coefficient (Wildman–Crippen LogP) is 1.83. The third kappa shape index (κ3) is 4.84. The van der Waals surface area contributed by atoms with Crippen molar-refractivity contribution in [3.05, 3.63) is 18.0 Å². The molecule has 1 heterocycles. The van der Waals surface area contributed by atoms with Gasteiger partial charge in [-0.25, -0.2) is 0 Å². The molecule has 8 heteroatoms. The van der Waals surface area contributed by atoms with Crippen LogP contribution in [-0.2, 0) is 22.3 Å². The standard InChI is InChI=1S/C12H18F3N3O2/c1-8(2)17-10(11(19)20-3)4-5-18-7-9(6-16-18)12(13,14)15/h6-8,10,17H,4-5H2,1-3H3. The molecule has 0 aliphatic carbocycles. The maximum Gasteiger partial charge on any atom is 0.419 e. The van der Waals surface area contributed by atoms with Crippen LogP contribution in [0, 0.1) is 0 Å². The summed E-state index contributed by atoms with van der Waals surface area (Å²) in [7, 11) is 1.27. The third-order valence-electron chi connectivity index (χ3n) is 2.63. The summed E-state index contributed by atoms with van der Waals surface area (Å²) in [6.07, 6.45) is -2.42. The van der Waals surface area contributed by atoms with Crippen molar-refractivity contribution >= 4 is 5.97 Å². The normalized spacial score (nSPS) is 13.6. The number of hydrogen-bond donors (Lipinski definition) is 1. The van der Waals surface area contributed by atoms with E-state index in [4.69, 9.17) is 0 Å². The lowest BCUT2D eigenvalue weighted by Gasteiger charge is -2.18. The van der Waals surface area contributed by atoms with E-state index in [1.807, 2.05) is 13.8 Å². The highest BCUT2D eigenvalue weighted by atomic mass is 19.4. The number of rotatable bonds is 6. The molecule has 0 saturated heterocycles. The van der Waals surface area contributed by atoms with Gasteiger partial charge in [0.2, 0.25) is 0 Å². The van der Waals surface area contributed by atoms with Crippen LogP contribution >= 0.6 is 0 Å². The Morgan fingerprint density at radius 2 is 2.15 bits per heavy atom. The van der Waals surface area contributed by atoms with Crippen LogP contribution in [0.15, 0.2) is 12.4 Å². The van der Waals surface area contributed by atoms with E-state index in [1.165, 1.54) is 11.8 Å². The molecule has 5 nitrogen and oxygen atoms in total. The van der Waals surface area contributed by atoms with E-state index < -0.39 is 23.8 Å². The molecule has 0 saturated carbocycles. The van der Waals surface area contributed by atoms with Crippen LogP contribution in [0.2, 0.25) is 0 Å². The first-order valence-corrected chi connectivity index (χ1v) is 6.17. The van der Waals surface area contributed by atoms with Gasteiger partial charge < -0.3 is 10.1 Å². The summed E-state index contributed by atoms with van der Waals surface area (Å²) in [5, 5.41) is 6.64. The summed E-state index contributed by atoms with van der Waals surface area (Å²) in [6, 6.07) is -0.513. The summed E-state index contributed by atoms with van der Waals surface area (Å²) in [5.74, 6) is -0.443. The highest BCUT2D eigenvalue weighted by Crippen LogP contribution is 2.28. The van der Waals surface area contributed by atoms with Gasteiger partial charge in [-0.05, 0) is 6.42 Å². The number of hydrogen-bond acceptors (Lipinski definition) is 4. The van der Waals surface area contributed by atoms with E-state index in [-0.39, 0.29) is 12.6 Å². The van der Waals surface area contributed by atoms with Gasteiger partial charge in [0.05, 0.1) is 18.9 Å². The average Bonchev–Trinajstić information content (AvgIpc) is 2.81. The second kappa shape index (κ2) is 6.74. The van der Waals surface area contributed by atoms with Crippen LogP contribution in [0.4, 0.5) is 13.2 Å².